The summed E-state index contributed by atoms with van der Waals surface area (Å²) in [7, 11) is 2.09. The van der Waals surface area contributed by atoms with Gasteiger partial charge in [-0.3, -0.25) is 0 Å². The standard InChI is InChI=1S/C24H30N/c1-14(2)20-11-17(5)21-12-18(6)25(8)24(23(21)13-20)22-10-15(3)9-16(4)19(22)7/h9-14H,1-8H3/q+1/i12D. The average Bonchev–Trinajstić information content (AvgIpc) is 2.56. The number of benzene rings is 2. The molecule has 2 aromatic carbocycles. The lowest BCUT2D eigenvalue weighted by molar-refractivity contribution is -0.665. The van der Waals surface area contributed by atoms with Crippen molar-refractivity contribution in [2.45, 2.75) is 54.4 Å². The molecule has 1 heteroatoms. The van der Waals surface area contributed by atoms with Gasteiger partial charge in [-0.2, -0.15) is 4.57 Å². The number of hydrogen-bond donors (Lipinski definition) is 0. The van der Waals surface area contributed by atoms with Crippen LogP contribution >= 0.6 is 0 Å². The number of aryl methyl sites for hydroxylation is 3. The molecule has 0 bridgehead atoms. The van der Waals surface area contributed by atoms with Crippen molar-refractivity contribution in [3.8, 4) is 11.3 Å². The summed E-state index contributed by atoms with van der Waals surface area (Å²) in [6, 6.07) is 9.73. The predicted octanol–water partition coefficient (Wildman–Crippen LogP) is 6.00. The number of aromatic nitrogens is 1. The van der Waals surface area contributed by atoms with Crippen LogP contribution < -0.4 is 4.57 Å². The van der Waals surface area contributed by atoms with Gasteiger partial charge in [-0.15, -0.1) is 0 Å². The Hall–Kier alpha value is -2.15. The molecule has 0 radical (unpaired) electrons. The Labute approximate surface area is 153 Å². The van der Waals surface area contributed by atoms with Crippen LogP contribution in [0.5, 0.6) is 0 Å². The number of hydrogen-bond acceptors (Lipinski definition) is 0. The molecule has 0 aliphatic carbocycles. The normalized spacial score (nSPS) is 12.1. The molecule has 3 aromatic rings. The fourth-order valence-corrected chi connectivity index (χ4v) is 3.73. The van der Waals surface area contributed by atoms with Crippen LogP contribution in [0.15, 0.2) is 30.3 Å². The highest BCUT2D eigenvalue weighted by Gasteiger charge is 2.22. The lowest BCUT2D eigenvalue weighted by Crippen LogP contribution is -2.35. The smallest absolute Gasteiger partial charge is 0.198 e. The molecule has 0 fully saturated rings. The Morgan fingerprint density at radius 3 is 2.20 bits per heavy atom. The molecule has 0 N–H and O–H groups in total. The van der Waals surface area contributed by atoms with E-state index in [1.54, 1.807) is 0 Å². The summed E-state index contributed by atoms with van der Waals surface area (Å²) in [6.07, 6.45) is 0. The molecule has 1 nitrogen and oxygen atoms in total. The van der Waals surface area contributed by atoms with Crippen LogP contribution in [0.3, 0.4) is 0 Å². The van der Waals surface area contributed by atoms with Crippen LogP contribution in [0.1, 0.15) is 54.6 Å². The van der Waals surface area contributed by atoms with Crippen LogP contribution in [0.2, 0.25) is 0 Å². The van der Waals surface area contributed by atoms with Gasteiger partial charge in [0.2, 0.25) is 5.69 Å². The van der Waals surface area contributed by atoms with Gasteiger partial charge in [0.25, 0.3) is 0 Å². The Balaban J connectivity index is 2.57. The fraction of sp³-hybridized carbons (Fsp3) is 0.375. The molecule has 3 rings (SSSR count). The average molecular weight is 334 g/mol. The summed E-state index contributed by atoms with van der Waals surface area (Å²) in [4.78, 5) is 0. The predicted molar refractivity (Wildman–Crippen MR) is 108 cm³/mol. The summed E-state index contributed by atoms with van der Waals surface area (Å²) < 4.78 is 10.9. The quantitative estimate of drug-likeness (QED) is 0.507. The second-order valence-corrected chi connectivity index (χ2v) is 7.79. The zero-order valence-corrected chi connectivity index (χ0v) is 16.8. The van der Waals surface area contributed by atoms with Crippen LogP contribution in [-0.2, 0) is 7.05 Å². The third kappa shape index (κ3) is 2.97. The van der Waals surface area contributed by atoms with Crippen molar-refractivity contribution >= 4 is 10.8 Å². The maximum absolute atomic E-state index is 8.72. The highest BCUT2D eigenvalue weighted by molar-refractivity contribution is 5.96. The van der Waals surface area contributed by atoms with E-state index in [4.69, 9.17) is 1.37 Å². The van der Waals surface area contributed by atoms with Gasteiger partial charge in [-0.25, -0.2) is 0 Å². The monoisotopic (exact) mass is 333 g/mol. The van der Waals surface area contributed by atoms with Crippen molar-refractivity contribution in [1.29, 1.82) is 0 Å². The van der Waals surface area contributed by atoms with E-state index in [2.05, 4.69) is 84.3 Å². The van der Waals surface area contributed by atoms with Gasteiger partial charge in [0.15, 0.2) is 5.69 Å². The van der Waals surface area contributed by atoms with Crippen molar-refractivity contribution in [2.75, 3.05) is 0 Å². The molecule has 1 heterocycles. The minimum absolute atomic E-state index is 0.465. The van der Waals surface area contributed by atoms with Crippen LogP contribution in [0.4, 0.5) is 0 Å². The summed E-state index contributed by atoms with van der Waals surface area (Å²) >= 11 is 0. The highest BCUT2D eigenvalue weighted by atomic mass is 14.9. The molecule has 0 aliphatic rings. The zero-order valence-electron chi connectivity index (χ0n) is 17.8. The van der Waals surface area contributed by atoms with E-state index in [0.29, 0.717) is 12.0 Å². The first-order valence-corrected chi connectivity index (χ1v) is 9.15. The molecule has 0 saturated carbocycles. The van der Waals surface area contributed by atoms with Crippen LogP contribution in [0, 0.1) is 34.6 Å². The van der Waals surface area contributed by atoms with Gasteiger partial charge in [0.05, 0.1) is 12.3 Å². The van der Waals surface area contributed by atoms with Gasteiger partial charge >= 0.3 is 0 Å². The van der Waals surface area contributed by atoms with Gasteiger partial charge < -0.3 is 0 Å². The van der Waals surface area contributed by atoms with Gasteiger partial charge in [0.1, 0.15) is 7.05 Å². The van der Waals surface area contributed by atoms with E-state index >= 15 is 0 Å². The summed E-state index contributed by atoms with van der Waals surface area (Å²) in [5.74, 6) is 0.465. The molecule has 0 saturated heterocycles. The number of nitrogens with zero attached hydrogens (tertiary/aromatic N) is 1. The maximum Gasteiger partial charge on any atom is 0.220 e. The Morgan fingerprint density at radius 2 is 1.56 bits per heavy atom. The second kappa shape index (κ2) is 6.29. The molecule has 0 amide bonds. The molecule has 0 spiro atoms. The maximum atomic E-state index is 8.72. The van der Waals surface area contributed by atoms with Crippen molar-refractivity contribution in [2.24, 2.45) is 7.05 Å². The molecule has 25 heavy (non-hydrogen) atoms. The van der Waals surface area contributed by atoms with Crippen molar-refractivity contribution in [3.05, 3.63) is 63.8 Å². The van der Waals surface area contributed by atoms with Crippen molar-refractivity contribution in [3.63, 3.8) is 0 Å². The third-order valence-corrected chi connectivity index (χ3v) is 5.49. The lowest BCUT2D eigenvalue weighted by Gasteiger charge is -2.16. The first-order valence-electron chi connectivity index (χ1n) is 9.65. The highest BCUT2D eigenvalue weighted by Crippen LogP contribution is 2.34. The van der Waals surface area contributed by atoms with E-state index in [0.717, 1.165) is 11.1 Å². The van der Waals surface area contributed by atoms with E-state index in [9.17, 15) is 0 Å². The number of pyridine rings is 1. The Morgan fingerprint density at radius 1 is 0.880 bits per heavy atom. The lowest BCUT2D eigenvalue weighted by atomic mass is 9.90. The number of rotatable bonds is 2. The molecular weight excluding hydrogens is 302 g/mol. The van der Waals surface area contributed by atoms with Crippen molar-refractivity contribution < 1.29 is 5.94 Å². The SMILES string of the molecule is [2H]c1c(C)[n+](C)c(-c2cc(C)cc(C)c2C)c2cc(C(C)C)cc(C)c12. The minimum atomic E-state index is 0.465. The molecular formula is C24H30N+. The second-order valence-electron chi connectivity index (χ2n) is 7.79. The van der Waals surface area contributed by atoms with Gasteiger partial charge in [-0.05, 0) is 73.4 Å². The largest absolute Gasteiger partial charge is 0.220 e. The molecule has 130 valence electrons. The minimum Gasteiger partial charge on any atom is -0.198 e. The fourth-order valence-electron chi connectivity index (χ4n) is 3.73. The van der Waals surface area contributed by atoms with Gasteiger partial charge in [0, 0.05) is 13.0 Å². The van der Waals surface area contributed by atoms with Crippen LogP contribution in [-0.4, -0.2) is 0 Å². The van der Waals surface area contributed by atoms with E-state index in [1.807, 2.05) is 0 Å². The van der Waals surface area contributed by atoms with E-state index < -0.39 is 0 Å². The molecule has 1 aromatic heterocycles. The molecule has 0 atom stereocenters. The van der Waals surface area contributed by atoms with Crippen LogP contribution in [0.25, 0.3) is 22.0 Å². The van der Waals surface area contributed by atoms with E-state index in [-0.39, 0.29) is 0 Å². The van der Waals surface area contributed by atoms with Gasteiger partial charge in [-0.1, -0.05) is 31.5 Å². The number of fused-ring (bicyclic) bond motifs is 1. The third-order valence-electron chi connectivity index (χ3n) is 5.49. The zero-order chi connectivity index (χ0) is 19.3. The molecule has 0 aliphatic heterocycles. The summed E-state index contributed by atoms with van der Waals surface area (Å²) in [6.45, 7) is 15.2. The Bertz CT molecular complexity index is 1030. The summed E-state index contributed by atoms with van der Waals surface area (Å²) in [5, 5.41) is 2.28. The molecule has 0 unspecified atom stereocenters. The first-order chi connectivity index (χ1) is 12.1. The topological polar surface area (TPSA) is 3.88 Å². The van der Waals surface area contributed by atoms with Crippen molar-refractivity contribution in [1.82, 2.24) is 0 Å². The first kappa shape index (κ1) is 16.3. The van der Waals surface area contributed by atoms with E-state index in [1.165, 1.54) is 44.5 Å². The summed E-state index contributed by atoms with van der Waals surface area (Å²) in [5.41, 5.74) is 9.95. The Kier molecular flexibility index (Phi) is 4.11.